The van der Waals surface area contributed by atoms with E-state index in [-0.39, 0.29) is 11.5 Å². The quantitative estimate of drug-likeness (QED) is 0.718. The zero-order chi connectivity index (χ0) is 13.0. The molecule has 0 aromatic heterocycles. The number of nitrogens with one attached hydrogen (secondary N) is 1. The molecule has 1 aromatic carbocycles. The highest BCUT2D eigenvalue weighted by molar-refractivity contribution is 5.44. The Bertz CT molecular complexity index is 384. The second-order valence-corrected chi connectivity index (χ2v) is 5.29. The molecular formula is C15H23NO2. The van der Waals surface area contributed by atoms with Crippen molar-refractivity contribution in [3.05, 3.63) is 23.8 Å². The number of benzene rings is 1. The number of rotatable bonds is 4. The molecule has 1 aromatic rings. The van der Waals surface area contributed by atoms with Gasteiger partial charge in [0.05, 0.1) is 0 Å². The molecule has 1 aliphatic carbocycles. The van der Waals surface area contributed by atoms with Crippen molar-refractivity contribution in [1.82, 2.24) is 5.32 Å². The van der Waals surface area contributed by atoms with E-state index in [0.717, 1.165) is 11.5 Å². The van der Waals surface area contributed by atoms with E-state index < -0.39 is 0 Å². The maximum Gasteiger partial charge on any atom is 0.161 e. The van der Waals surface area contributed by atoms with Gasteiger partial charge in [-0.05, 0) is 37.7 Å². The van der Waals surface area contributed by atoms with Crippen molar-refractivity contribution in [2.75, 3.05) is 0 Å². The highest BCUT2D eigenvalue weighted by atomic mass is 16.3. The second kappa shape index (κ2) is 6.10. The minimum atomic E-state index is -0.0380. The first-order valence-corrected chi connectivity index (χ1v) is 6.94. The summed E-state index contributed by atoms with van der Waals surface area (Å²) in [5, 5.41) is 22.6. The summed E-state index contributed by atoms with van der Waals surface area (Å²) in [6, 6.07) is 5.67. The van der Waals surface area contributed by atoms with E-state index in [1.165, 1.54) is 38.2 Å². The predicted octanol–water partition coefficient (Wildman–Crippen LogP) is 3.16. The van der Waals surface area contributed by atoms with Gasteiger partial charge in [-0.25, -0.2) is 0 Å². The van der Waals surface area contributed by atoms with Gasteiger partial charge in [-0.3, -0.25) is 0 Å². The van der Waals surface area contributed by atoms with E-state index in [0.29, 0.717) is 12.6 Å². The fraction of sp³-hybridized carbons (Fsp3) is 0.600. The Morgan fingerprint density at radius 1 is 1.17 bits per heavy atom. The van der Waals surface area contributed by atoms with Crippen LogP contribution in [0.1, 0.15) is 44.6 Å². The van der Waals surface area contributed by atoms with Crippen LogP contribution in [0.3, 0.4) is 0 Å². The van der Waals surface area contributed by atoms with Gasteiger partial charge in [-0.1, -0.05) is 25.5 Å². The third-order valence-corrected chi connectivity index (χ3v) is 4.10. The largest absolute Gasteiger partial charge is 0.504 e. The van der Waals surface area contributed by atoms with Crippen molar-refractivity contribution in [3.63, 3.8) is 0 Å². The van der Waals surface area contributed by atoms with Crippen LogP contribution >= 0.6 is 0 Å². The molecule has 3 nitrogen and oxygen atoms in total. The normalized spacial score (nSPS) is 24.1. The van der Waals surface area contributed by atoms with Crippen molar-refractivity contribution >= 4 is 0 Å². The van der Waals surface area contributed by atoms with Gasteiger partial charge >= 0.3 is 0 Å². The first-order chi connectivity index (χ1) is 8.70. The summed E-state index contributed by atoms with van der Waals surface area (Å²) >= 11 is 0. The summed E-state index contributed by atoms with van der Waals surface area (Å²) in [5.74, 6) is 0.869. The average molecular weight is 249 g/mol. The standard InChI is InChI=1S/C15H23NO2/c1-2-11-6-8-13(9-7-11)16-10-12-4-3-5-14(17)15(12)18/h3-5,11,13,16-18H,2,6-10H2,1H3. The second-order valence-electron chi connectivity index (χ2n) is 5.29. The lowest BCUT2D eigenvalue weighted by Crippen LogP contribution is -2.32. The van der Waals surface area contributed by atoms with Gasteiger partial charge < -0.3 is 15.5 Å². The molecule has 1 saturated carbocycles. The molecule has 2 rings (SSSR count). The van der Waals surface area contributed by atoms with Crippen LogP contribution < -0.4 is 5.32 Å². The molecule has 1 fully saturated rings. The Hall–Kier alpha value is -1.22. The van der Waals surface area contributed by atoms with Crippen LogP contribution in [0.15, 0.2) is 18.2 Å². The fourth-order valence-electron chi connectivity index (χ4n) is 2.75. The van der Waals surface area contributed by atoms with Crippen LogP contribution in [0.5, 0.6) is 11.5 Å². The molecule has 0 amide bonds. The molecule has 0 heterocycles. The molecule has 100 valence electrons. The summed E-state index contributed by atoms with van der Waals surface area (Å²) in [6.07, 6.45) is 6.34. The van der Waals surface area contributed by atoms with E-state index in [2.05, 4.69) is 12.2 Å². The first kappa shape index (κ1) is 13.2. The SMILES string of the molecule is CCC1CCC(NCc2cccc(O)c2O)CC1. The van der Waals surface area contributed by atoms with E-state index in [9.17, 15) is 10.2 Å². The highest BCUT2D eigenvalue weighted by Gasteiger charge is 2.19. The summed E-state index contributed by atoms with van der Waals surface area (Å²) < 4.78 is 0. The lowest BCUT2D eigenvalue weighted by Gasteiger charge is -2.28. The Labute approximate surface area is 109 Å². The lowest BCUT2D eigenvalue weighted by atomic mass is 9.84. The number of phenolic OH excluding ortho intramolecular Hbond substituents is 2. The van der Waals surface area contributed by atoms with Crippen LogP contribution in [0.4, 0.5) is 0 Å². The Morgan fingerprint density at radius 3 is 2.56 bits per heavy atom. The van der Waals surface area contributed by atoms with E-state index in [4.69, 9.17) is 0 Å². The number of para-hydroxylation sites is 1. The van der Waals surface area contributed by atoms with Crippen LogP contribution in [0.2, 0.25) is 0 Å². The number of hydrogen-bond acceptors (Lipinski definition) is 3. The molecule has 3 heteroatoms. The van der Waals surface area contributed by atoms with Gasteiger partial charge in [0, 0.05) is 18.2 Å². The summed E-state index contributed by atoms with van der Waals surface area (Å²) in [4.78, 5) is 0. The van der Waals surface area contributed by atoms with Gasteiger partial charge in [0.1, 0.15) is 0 Å². The Balaban J connectivity index is 1.83. The predicted molar refractivity (Wildman–Crippen MR) is 72.6 cm³/mol. The molecule has 0 saturated heterocycles. The van der Waals surface area contributed by atoms with Crippen molar-refractivity contribution in [3.8, 4) is 11.5 Å². The maximum atomic E-state index is 9.72. The monoisotopic (exact) mass is 249 g/mol. The van der Waals surface area contributed by atoms with Gasteiger partial charge in [-0.15, -0.1) is 0 Å². The summed E-state index contributed by atoms with van der Waals surface area (Å²) in [6.45, 7) is 2.89. The Kier molecular flexibility index (Phi) is 4.48. The molecule has 0 aliphatic heterocycles. The van der Waals surface area contributed by atoms with Gasteiger partial charge in [0.2, 0.25) is 0 Å². The van der Waals surface area contributed by atoms with Gasteiger partial charge in [-0.2, -0.15) is 0 Å². The lowest BCUT2D eigenvalue weighted by molar-refractivity contribution is 0.284. The van der Waals surface area contributed by atoms with E-state index >= 15 is 0 Å². The molecular weight excluding hydrogens is 226 g/mol. The molecule has 18 heavy (non-hydrogen) atoms. The topological polar surface area (TPSA) is 52.5 Å². The maximum absolute atomic E-state index is 9.72. The minimum Gasteiger partial charge on any atom is -0.504 e. The van der Waals surface area contributed by atoms with Crippen LogP contribution in [0.25, 0.3) is 0 Å². The number of phenols is 2. The smallest absolute Gasteiger partial charge is 0.161 e. The number of hydrogen-bond donors (Lipinski definition) is 3. The zero-order valence-electron chi connectivity index (χ0n) is 11.0. The van der Waals surface area contributed by atoms with E-state index in [1.807, 2.05) is 6.07 Å². The molecule has 0 atom stereocenters. The van der Waals surface area contributed by atoms with Crippen molar-refractivity contribution in [1.29, 1.82) is 0 Å². The van der Waals surface area contributed by atoms with Crippen molar-refractivity contribution < 1.29 is 10.2 Å². The van der Waals surface area contributed by atoms with Crippen LogP contribution in [0, 0.1) is 5.92 Å². The third kappa shape index (κ3) is 3.16. The highest BCUT2D eigenvalue weighted by Crippen LogP contribution is 2.29. The molecule has 0 radical (unpaired) electrons. The van der Waals surface area contributed by atoms with Crippen LogP contribution in [-0.2, 0) is 6.54 Å². The third-order valence-electron chi connectivity index (χ3n) is 4.10. The average Bonchev–Trinajstić information content (AvgIpc) is 2.41. The van der Waals surface area contributed by atoms with E-state index in [1.54, 1.807) is 6.07 Å². The fourth-order valence-corrected chi connectivity index (χ4v) is 2.75. The first-order valence-electron chi connectivity index (χ1n) is 6.94. The minimum absolute atomic E-state index is 0.00671. The van der Waals surface area contributed by atoms with Gasteiger partial charge in [0.25, 0.3) is 0 Å². The van der Waals surface area contributed by atoms with Crippen molar-refractivity contribution in [2.24, 2.45) is 5.92 Å². The number of aromatic hydroxyl groups is 2. The molecule has 0 bridgehead atoms. The molecule has 0 unspecified atom stereocenters. The zero-order valence-corrected chi connectivity index (χ0v) is 11.0. The summed E-state index contributed by atoms with van der Waals surface area (Å²) in [7, 11) is 0. The molecule has 1 aliphatic rings. The van der Waals surface area contributed by atoms with Crippen LogP contribution in [-0.4, -0.2) is 16.3 Å². The van der Waals surface area contributed by atoms with Gasteiger partial charge in [0.15, 0.2) is 11.5 Å². The summed E-state index contributed by atoms with van der Waals surface area (Å²) in [5.41, 5.74) is 0.771. The van der Waals surface area contributed by atoms with Crippen molar-refractivity contribution in [2.45, 2.75) is 51.6 Å². The molecule has 3 N–H and O–H groups in total. The Morgan fingerprint density at radius 2 is 1.89 bits per heavy atom. The molecule has 0 spiro atoms.